The summed E-state index contributed by atoms with van der Waals surface area (Å²) in [4.78, 5) is 4.47. The number of nitrogens with zero attached hydrogens (tertiary/aromatic N) is 3. The molecule has 8 heteroatoms. The van der Waals surface area contributed by atoms with Gasteiger partial charge in [0.15, 0.2) is 0 Å². The summed E-state index contributed by atoms with van der Waals surface area (Å²) in [6.07, 6.45) is 4.09. The third-order valence-corrected chi connectivity index (χ3v) is 6.26. The largest absolute Gasteiger partial charge is 0.496 e. The summed E-state index contributed by atoms with van der Waals surface area (Å²) < 4.78 is 13.6. The van der Waals surface area contributed by atoms with E-state index in [1.807, 2.05) is 59.1 Å². The molecular weight excluding hydrogens is 438 g/mol. The third-order valence-electron chi connectivity index (χ3n) is 5.95. The minimum absolute atomic E-state index is 0.0242. The van der Waals surface area contributed by atoms with Crippen LogP contribution >= 0.6 is 11.6 Å². The molecule has 2 aromatic heterocycles. The summed E-state index contributed by atoms with van der Waals surface area (Å²) in [5, 5.41) is 12.0. The Balaban J connectivity index is 1.41. The summed E-state index contributed by atoms with van der Waals surface area (Å²) in [6, 6.07) is 17.8. The van der Waals surface area contributed by atoms with Crippen LogP contribution in [0.1, 0.15) is 19.8 Å². The number of rotatable bonds is 7. The zero-order valence-corrected chi connectivity index (χ0v) is 19.3. The molecule has 0 bridgehead atoms. The first-order valence-corrected chi connectivity index (χ1v) is 11.4. The highest BCUT2D eigenvalue weighted by Crippen LogP contribution is 2.32. The van der Waals surface area contributed by atoms with E-state index in [9.17, 15) is 0 Å². The lowest BCUT2D eigenvalue weighted by atomic mass is 10.1. The number of benzene rings is 2. The summed E-state index contributed by atoms with van der Waals surface area (Å²) >= 11 is 6.41. The van der Waals surface area contributed by atoms with Gasteiger partial charge in [-0.3, -0.25) is 0 Å². The SMILES string of the molecule is COc1ccccc1-c1ccc2cnc(Nc3ccc(Cl)c(OC(C)C4CCCN4)c3)nn12. The van der Waals surface area contributed by atoms with E-state index in [0.717, 1.165) is 41.2 Å². The molecule has 0 radical (unpaired) electrons. The Bertz CT molecular complexity index is 1270. The van der Waals surface area contributed by atoms with E-state index in [2.05, 4.69) is 22.5 Å². The number of ether oxygens (including phenoxy) is 2. The Hall–Kier alpha value is -3.29. The van der Waals surface area contributed by atoms with Crippen molar-refractivity contribution in [3.05, 3.63) is 65.8 Å². The molecule has 0 amide bonds. The maximum Gasteiger partial charge on any atom is 0.245 e. The van der Waals surface area contributed by atoms with E-state index in [-0.39, 0.29) is 6.10 Å². The van der Waals surface area contributed by atoms with Gasteiger partial charge in [0, 0.05) is 23.4 Å². The van der Waals surface area contributed by atoms with Gasteiger partial charge < -0.3 is 20.1 Å². The van der Waals surface area contributed by atoms with Crippen molar-refractivity contribution in [2.75, 3.05) is 19.0 Å². The fourth-order valence-electron chi connectivity index (χ4n) is 4.21. The number of hydrogen-bond donors (Lipinski definition) is 2. The molecule has 0 aliphatic carbocycles. The number of anilines is 2. The van der Waals surface area contributed by atoms with Gasteiger partial charge in [-0.15, -0.1) is 5.10 Å². The number of para-hydroxylation sites is 1. The predicted octanol–water partition coefficient (Wildman–Crippen LogP) is 5.32. The van der Waals surface area contributed by atoms with E-state index in [1.165, 1.54) is 6.42 Å². The molecule has 1 aliphatic heterocycles. The normalized spacial score (nSPS) is 16.6. The molecular formula is C25H26ClN5O2. The van der Waals surface area contributed by atoms with Gasteiger partial charge in [0.2, 0.25) is 5.95 Å². The van der Waals surface area contributed by atoms with Gasteiger partial charge in [-0.25, -0.2) is 9.50 Å². The van der Waals surface area contributed by atoms with Gasteiger partial charge in [0.05, 0.1) is 29.5 Å². The van der Waals surface area contributed by atoms with Crippen LogP contribution in [0.4, 0.5) is 11.6 Å². The number of halogens is 1. The standard InChI is InChI=1S/C25H26ClN5O2/c1-16(21-7-5-13-27-21)33-24-14-17(9-11-20(24)26)29-25-28-15-18-10-12-22(31(18)30-25)19-6-3-4-8-23(19)32-2/h3-4,6,8-12,14-16,21,27H,5,7,13H2,1-2H3,(H,29,30). The molecule has 1 saturated heterocycles. The Morgan fingerprint density at radius 3 is 2.85 bits per heavy atom. The van der Waals surface area contributed by atoms with Crippen LogP contribution in [-0.4, -0.2) is 40.4 Å². The van der Waals surface area contributed by atoms with Crippen LogP contribution < -0.4 is 20.1 Å². The van der Waals surface area contributed by atoms with Crippen LogP contribution in [-0.2, 0) is 0 Å². The summed E-state index contributed by atoms with van der Waals surface area (Å²) in [5.74, 6) is 1.89. The summed E-state index contributed by atoms with van der Waals surface area (Å²) in [7, 11) is 1.67. The van der Waals surface area contributed by atoms with Crippen molar-refractivity contribution in [2.24, 2.45) is 0 Å². The predicted molar refractivity (Wildman–Crippen MR) is 131 cm³/mol. The molecule has 7 nitrogen and oxygen atoms in total. The molecule has 2 unspecified atom stereocenters. The van der Waals surface area contributed by atoms with E-state index in [4.69, 9.17) is 26.2 Å². The van der Waals surface area contributed by atoms with Crippen molar-refractivity contribution >= 4 is 28.8 Å². The monoisotopic (exact) mass is 463 g/mol. The van der Waals surface area contributed by atoms with Gasteiger partial charge in [0.1, 0.15) is 17.6 Å². The quantitative estimate of drug-likeness (QED) is 0.386. The first-order valence-electron chi connectivity index (χ1n) is 11.1. The Kier molecular flexibility index (Phi) is 6.07. The highest BCUT2D eigenvalue weighted by molar-refractivity contribution is 6.32. The van der Waals surface area contributed by atoms with Crippen LogP contribution in [0.25, 0.3) is 16.8 Å². The third kappa shape index (κ3) is 4.47. The van der Waals surface area contributed by atoms with E-state index < -0.39 is 0 Å². The summed E-state index contributed by atoms with van der Waals surface area (Å²) in [5.41, 5.74) is 3.57. The second-order valence-corrected chi connectivity index (χ2v) is 8.54. The van der Waals surface area contributed by atoms with Crippen molar-refractivity contribution in [3.63, 3.8) is 0 Å². The zero-order valence-electron chi connectivity index (χ0n) is 18.6. The first kappa shape index (κ1) is 21.6. The van der Waals surface area contributed by atoms with Gasteiger partial charge in [-0.05, 0) is 62.7 Å². The second kappa shape index (κ2) is 9.29. The molecule has 2 atom stereocenters. The second-order valence-electron chi connectivity index (χ2n) is 8.13. The van der Waals surface area contributed by atoms with E-state index in [1.54, 1.807) is 13.3 Å². The van der Waals surface area contributed by atoms with Crippen LogP contribution in [0.3, 0.4) is 0 Å². The molecule has 33 heavy (non-hydrogen) atoms. The molecule has 0 saturated carbocycles. The van der Waals surface area contributed by atoms with E-state index >= 15 is 0 Å². The first-order chi connectivity index (χ1) is 16.1. The average molecular weight is 464 g/mol. The lowest BCUT2D eigenvalue weighted by molar-refractivity contribution is 0.180. The minimum Gasteiger partial charge on any atom is -0.496 e. The molecule has 3 heterocycles. The number of methoxy groups -OCH3 is 1. The molecule has 2 aromatic carbocycles. The number of hydrogen-bond acceptors (Lipinski definition) is 6. The van der Waals surface area contributed by atoms with Gasteiger partial charge in [-0.1, -0.05) is 23.7 Å². The smallest absolute Gasteiger partial charge is 0.245 e. The molecule has 170 valence electrons. The molecule has 1 fully saturated rings. The fourth-order valence-corrected chi connectivity index (χ4v) is 4.38. The van der Waals surface area contributed by atoms with Crippen LogP contribution in [0.15, 0.2) is 60.8 Å². The maximum atomic E-state index is 6.41. The Morgan fingerprint density at radius 1 is 1.15 bits per heavy atom. The zero-order chi connectivity index (χ0) is 22.8. The van der Waals surface area contributed by atoms with Crippen LogP contribution in [0.5, 0.6) is 11.5 Å². The van der Waals surface area contributed by atoms with Crippen LogP contribution in [0, 0.1) is 0 Å². The van der Waals surface area contributed by atoms with Crippen molar-refractivity contribution in [1.29, 1.82) is 0 Å². The number of nitrogens with one attached hydrogen (secondary N) is 2. The number of aromatic nitrogens is 3. The van der Waals surface area contributed by atoms with E-state index in [0.29, 0.717) is 22.8 Å². The lowest BCUT2D eigenvalue weighted by Gasteiger charge is -2.22. The molecule has 4 aromatic rings. The molecule has 1 aliphatic rings. The Labute approximate surface area is 197 Å². The summed E-state index contributed by atoms with van der Waals surface area (Å²) in [6.45, 7) is 3.10. The minimum atomic E-state index is 0.0242. The van der Waals surface area contributed by atoms with Crippen molar-refractivity contribution in [3.8, 4) is 22.8 Å². The topological polar surface area (TPSA) is 72.7 Å². The van der Waals surface area contributed by atoms with Gasteiger partial charge in [-0.2, -0.15) is 0 Å². The van der Waals surface area contributed by atoms with Gasteiger partial charge in [0.25, 0.3) is 0 Å². The van der Waals surface area contributed by atoms with Gasteiger partial charge >= 0.3 is 0 Å². The number of fused-ring (bicyclic) bond motifs is 1. The van der Waals surface area contributed by atoms with Crippen molar-refractivity contribution < 1.29 is 9.47 Å². The molecule has 2 N–H and O–H groups in total. The van der Waals surface area contributed by atoms with Crippen LogP contribution in [0.2, 0.25) is 5.02 Å². The molecule has 0 spiro atoms. The fraction of sp³-hybridized carbons (Fsp3) is 0.280. The lowest BCUT2D eigenvalue weighted by Crippen LogP contribution is -2.36. The van der Waals surface area contributed by atoms with Crippen molar-refractivity contribution in [2.45, 2.75) is 31.9 Å². The Morgan fingerprint density at radius 2 is 2.03 bits per heavy atom. The highest BCUT2D eigenvalue weighted by atomic mass is 35.5. The maximum absolute atomic E-state index is 6.41. The molecule has 5 rings (SSSR count). The van der Waals surface area contributed by atoms with Crippen molar-refractivity contribution in [1.82, 2.24) is 19.9 Å². The highest BCUT2D eigenvalue weighted by Gasteiger charge is 2.23. The average Bonchev–Trinajstić information content (AvgIpc) is 3.51.